The number of nitrogens with zero attached hydrogens (tertiary/aromatic N) is 2. The average molecular weight is 454 g/mol. The zero-order valence-electron chi connectivity index (χ0n) is 18.7. The summed E-state index contributed by atoms with van der Waals surface area (Å²) in [6.07, 6.45) is 1.65. The van der Waals surface area contributed by atoms with Crippen LogP contribution in [0.1, 0.15) is 28.4 Å². The Bertz CT molecular complexity index is 1340. The van der Waals surface area contributed by atoms with Gasteiger partial charge in [-0.15, -0.1) is 0 Å². The fourth-order valence-electron chi connectivity index (χ4n) is 3.50. The number of benzene rings is 3. The first-order valence-electron chi connectivity index (χ1n) is 10.7. The van der Waals surface area contributed by atoms with Crippen molar-refractivity contribution in [3.05, 3.63) is 106 Å². The Morgan fingerprint density at radius 1 is 1.00 bits per heavy atom. The van der Waals surface area contributed by atoms with Gasteiger partial charge in [-0.05, 0) is 37.1 Å². The number of nitro groups is 1. The van der Waals surface area contributed by atoms with E-state index in [1.165, 1.54) is 12.1 Å². The second-order valence-corrected chi connectivity index (χ2v) is 7.55. The van der Waals surface area contributed by atoms with Crippen molar-refractivity contribution in [2.75, 3.05) is 6.61 Å². The molecule has 0 fully saturated rings. The number of carbonyl (C=O) groups is 1. The van der Waals surface area contributed by atoms with Crippen LogP contribution in [-0.2, 0) is 4.74 Å². The van der Waals surface area contributed by atoms with Gasteiger partial charge < -0.3 is 9.15 Å². The molecule has 34 heavy (non-hydrogen) atoms. The number of esters is 1. The molecule has 3 aromatic carbocycles. The molecule has 0 amide bonds. The van der Waals surface area contributed by atoms with Crippen molar-refractivity contribution in [2.45, 2.75) is 13.8 Å². The van der Waals surface area contributed by atoms with Gasteiger partial charge in [-0.1, -0.05) is 60.2 Å². The Labute approximate surface area is 196 Å². The number of non-ortho nitro benzene ring substituents is 1. The molecule has 170 valence electrons. The summed E-state index contributed by atoms with van der Waals surface area (Å²) in [5, 5.41) is 11.1. The number of hydrogen-bond donors (Lipinski definition) is 0. The molecule has 7 nitrogen and oxygen atoms in total. The second-order valence-electron chi connectivity index (χ2n) is 7.55. The number of furan rings is 1. The summed E-state index contributed by atoms with van der Waals surface area (Å²) in [6.45, 7) is 3.90. The van der Waals surface area contributed by atoms with Gasteiger partial charge >= 0.3 is 5.97 Å². The van der Waals surface area contributed by atoms with Gasteiger partial charge in [0.25, 0.3) is 5.69 Å². The maximum absolute atomic E-state index is 13.1. The van der Waals surface area contributed by atoms with Crippen LogP contribution in [0.15, 0.2) is 88.3 Å². The molecule has 1 heterocycles. The van der Waals surface area contributed by atoms with E-state index >= 15 is 0 Å². The molecule has 0 saturated heterocycles. The Kier molecular flexibility index (Phi) is 6.64. The minimum Gasteiger partial charge on any atom is -0.462 e. The molecule has 4 rings (SSSR count). The van der Waals surface area contributed by atoms with E-state index in [-0.39, 0.29) is 23.7 Å². The average Bonchev–Trinajstić information content (AvgIpc) is 3.24. The lowest BCUT2D eigenvalue weighted by atomic mass is 9.99. The highest BCUT2D eigenvalue weighted by Crippen LogP contribution is 2.43. The van der Waals surface area contributed by atoms with E-state index in [9.17, 15) is 14.9 Å². The molecule has 0 saturated carbocycles. The number of aliphatic imine (C=N–C) groups is 1. The topological polar surface area (TPSA) is 94.9 Å². The largest absolute Gasteiger partial charge is 0.462 e. The summed E-state index contributed by atoms with van der Waals surface area (Å²) in [5.74, 6) is -0.0324. The van der Waals surface area contributed by atoms with Gasteiger partial charge in [0.15, 0.2) is 5.76 Å². The molecule has 4 aromatic rings. The Hall–Kier alpha value is -4.52. The molecule has 0 bridgehead atoms. The molecule has 0 radical (unpaired) electrons. The number of carbonyl (C=O) groups excluding carboxylic acids is 1. The highest BCUT2D eigenvalue weighted by atomic mass is 16.6. The third-order valence-corrected chi connectivity index (χ3v) is 5.18. The van der Waals surface area contributed by atoms with Crippen LogP contribution in [0.3, 0.4) is 0 Å². The Morgan fingerprint density at radius 3 is 2.29 bits per heavy atom. The summed E-state index contributed by atoms with van der Waals surface area (Å²) in [4.78, 5) is 28.3. The van der Waals surface area contributed by atoms with Crippen LogP contribution in [0.5, 0.6) is 0 Å². The van der Waals surface area contributed by atoms with Crippen LogP contribution < -0.4 is 0 Å². The van der Waals surface area contributed by atoms with Crippen LogP contribution in [0.4, 0.5) is 11.6 Å². The molecule has 1 aromatic heterocycles. The quantitative estimate of drug-likeness (QED) is 0.133. The lowest BCUT2D eigenvalue weighted by molar-refractivity contribution is -0.384. The zero-order valence-corrected chi connectivity index (χ0v) is 18.7. The molecule has 0 aliphatic heterocycles. The van der Waals surface area contributed by atoms with E-state index in [1.807, 2.05) is 61.5 Å². The molecule has 0 N–H and O–H groups in total. The third kappa shape index (κ3) is 4.78. The molecule has 0 aliphatic rings. The van der Waals surface area contributed by atoms with Gasteiger partial charge in [-0.3, -0.25) is 10.1 Å². The van der Waals surface area contributed by atoms with Crippen molar-refractivity contribution in [3.8, 4) is 22.5 Å². The molecule has 0 spiro atoms. The van der Waals surface area contributed by atoms with Crippen LogP contribution >= 0.6 is 0 Å². The maximum atomic E-state index is 13.1. The molecule has 0 aliphatic carbocycles. The first-order chi connectivity index (χ1) is 16.5. The van der Waals surface area contributed by atoms with E-state index in [0.29, 0.717) is 22.5 Å². The third-order valence-electron chi connectivity index (χ3n) is 5.18. The minimum atomic E-state index is -0.560. The summed E-state index contributed by atoms with van der Waals surface area (Å²) in [6, 6.07) is 22.9. The molecular weight excluding hydrogens is 432 g/mol. The van der Waals surface area contributed by atoms with Crippen molar-refractivity contribution in [1.29, 1.82) is 0 Å². The summed E-state index contributed by atoms with van der Waals surface area (Å²) in [7, 11) is 0. The SMILES string of the molecule is CCOC(=O)c1c(-c2ccccc2)oc(/N=C/c2ccc(C)cc2)c1-c1ccc([N+](=O)[O-])cc1. The van der Waals surface area contributed by atoms with E-state index in [1.54, 1.807) is 25.3 Å². The highest BCUT2D eigenvalue weighted by Gasteiger charge is 2.29. The van der Waals surface area contributed by atoms with Crippen LogP contribution in [-0.4, -0.2) is 23.7 Å². The van der Waals surface area contributed by atoms with Crippen LogP contribution in [0.25, 0.3) is 22.5 Å². The smallest absolute Gasteiger partial charge is 0.342 e. The second kappa shape index (κ2) is 9.95. The van der Waals surface area contributed by atoms with Gasteiger partial charge in [0, 0.05) is 23.9 Å². The van der Waals surface area contributed by atoms with Crippen LogP contribution in [0, 0.1) is 17.0 Å². The van der Waals surface area contributed by atoms with E-state index in [2.05, 4.69) is 4.99 Å². The monoisotopic (exact) mass is 454 g/mol. The fourth-order valence-corrected chi connectivity index (χ4v) is 3.50. The highest BCUT2D eigenvalue weighted by molar-refractivity contribution is 6.06. The predicted octanol–water partition coefficient (Wildman–Crippen LogP) is 6.76. The van der Waals surface area contributed by atoms with Gasteiger partial charge in [-0.25, -0.2) is 9.79 Å². The van der Waals surface area contributed by atoms with Gasteiger partial charge in [0.1, 0.15) is 5.56 Å². The Balaban J connectivity index is 1.93. The summed E-state index contributed by atoms with van der Waals surface area (Å²) in [5.41, 5.74) is 3.79. The number of nitro benzene ring substituents is 1. The number of rotatable bonds is 7. The summed E-state index contributed by atoms with van der Waals surface area (Å²) < 4.78 is 11.5. The molecule has 7 heteroatoms. The summed E-state index contributed by atoms with van der Waals surface area (Å²) >= 11 is 0. The Morgan fingerprint density at radius 2 is 1.68 bits per heavy atom. The lowest BCUT2D eigenvalue weighted by Gasteiger charge is -2.06. The standard InChI is InChI=1S/C27H22N2O5/c1-3-33-27(30)24-23(20-13-15-22(16-14-20)29(31)32)26(28-17-19-11-9-18(2)10-12-19)34-25(24)21-7-5-4-6-8-21/h4-17H,3H2,1-2H3/b28-17+. The number of aryl methyl sites for hydroxylation is 1. The normalized spacial score (nSPS) is 11.0. The van der Waals surface area contributed by atoms with Crippen molar-refractivity contribution < 1.29 is 18.9 Å². The number of hydrogen-bond acceptors (Lipinski definition) is 6. The first kappa shape index (κ1) is 22.7. The van der Waals surface area contributed by atoms with E-state index < -0.39 is 10.9 Å². The van der Waals surface area contributed by atoms with Crippen molar-refractivity contribution in [1.82, 2.24) is 0 Å². The van der Waals surface area contributed by atoms with Gasteiger partial charge in [-0.2, -0.15) is 0 Å². The maximum Gasteiger partial charge on any atom is 0.342 e. The first-order valence-corrected chi connectivity index (χ1v) is 10.7. The number of ether oxygens (including phenoxy) is 1. The van der Waals surface area contributed by atoms with Crippen molar-refractivity contribution in [2.24, 2.45) is 4.99 Å². The molecular formula is C27H22N2O5. The van der Waals surface area contributed by atoms with E-state index in [4.69, 9.17) is 9.15 Å². The van der Waals surface area contributed by atoms with Crippen molar-refractivity contribution in [3.63, 3.8) is 0 Å². The van der Waals surface area contributed by atoms with Crippen molar-refractivity contribution >= 4 is 23.8 Å². The predicted molar refractivity (Wildman–Crippen MR) is 131 cm³/mol. The van der Waals surface area contributed by atoms with Gasteiger partial charge in [0.2, 0.25) is 5.88 Å². The van der Waals surface area contributed by atoms with Crippen LogP contribution in [0.2, 0.25) is 0 Å². The minimum absolute atomic E-state index is 0.0575. The van der Waals surface area contributed by atoms with E-state index in [0.717, 1.165) is 11.1 Å². The fraction of sp³-hybridized carbons (Fsp3) is 0.111. The molecule has 0 atom stereocenters. The molecule has 0 unspecified atom stereocenters. The van der Waals surface area contributed by atoms with Gasteiger partial charge in [0.05, 0.1) is 17.1 Å². The zero-order chi connectivity index (χ0) is 24.1. The lowest BCUT2D eigenvalue weighted by Crippen LogP contribution is -2.06.